The zero-order valence-corrected chi connectivity index (χ0v) is 12.5. The Morgan fingerprint density at radius 1 is 1.21 bits per heavy atom. The van der Waals surface area contributed by atoms with E-state index in [9.17, 15) is 4.79 Å². The van der Waals surface area contributed by atoms with Gasteiger partial charge in [-0.2, -0.15) is 0 Å². The van der Waals surface area contributed by atoms with E-state index in [-0.39, 0.29) is 5.91 Å². The lowest BCUT2D eigenvalue weighted by atomic mass is 10.3. The van der Waals surface area contributed by atoms with Gasteiger partial charge in [-0.1, -0.05) is 34.1 Å². The minimum Gasteiger partial charge on any atom is -0.398 e. The van der Waals surface area contributed by atoms with E-state index in [0.29, 0.717) is 11.4 Å². The minimum absolute atomic E-state index is 0.0497. The molecule has 5 heteroatoms. The number of halogens is 1. The summed E-state index contributed by atoms with van der Waals surface area (Å²) in [5.41, 5.74) is 7.30. The van der Waals surface area contributed by atoms with Gasteiger partial charge in [0.15, 0.2) is 0 Å². The standard InChI is InChI=1S/C14H13BrN2OS/c15-10-4-3-5-11(8-10)17-14(18)9-19-13-7-2-1-6-12(13)16/h1-8H,9,16H2,(H,17,18). The van der Waals surface area contributed by atoms with Gasteiger partial charge in [0.05, 0.1) is 5.75 Å². The van der Waals surface area contributed by atoms with Gasteiger partial charge >= 0.3 is 0 Å². The molecule has 0 aliphatic carbocycles. The van der Waals surface area contributed by atoms with Crippen LogP contribution in [0.1, 0.15) is 0 Å². The van der Waals surface area contributed by atoms with Crippen LogP contribution in [0, 0.1) is 0 Å². The smallest absolute Gasteiger partial charge is 0.234 e. The molecule has 0 spiro atoms. The van der Waals surface area contributed by atoms with Crippen LogP contribution in [0.3, 0.4) is 0 Å². The number of nitrogens with one attached hydrogen (secondary N) is 1. The van der Waals surface area contributed by atoms with Crippen LogP contribution >= 0.6 is 27.7 Å². The van der Waals surface area contributed by atoms with Crippen LogP contribution in [-0.4, -0.2) is 11.7 Å². The molecular formula is C14H13BrN2OS. The summed E-state index contributed by atoms with van der Waals surface area (Å²) in [5.74, 6) is 0.284. The molecule has 0 atom stereocenters. The Morgan fingerprint density at radius 2 is 2.00 bits per heavy atom. The fourth-order valence-corrected chi connectivity index (χ4v) is 2.69. The second-order valence-electron chi connectivity index (χ2n) is 3.89. The molecule has 3 nitrogen and oxygen atoms in total. The number of benzene rings is 2. The molecule has 0 saturated carbocycles. The second kappa shape index (κ2) is 6.63. The summed E-state index contributed by atoms with van der Waals surface area (Å²) in [7, 11) is 0. The Labute approximate surface area is 124 Å². The van der Waals surface area contributed by atoms with Crippen LogP contribution in [0.2, 0.25) is 0 Å². The van der Waals surface area contributed by atoms with E-state index in [0.717, 1.165) is 15.1 Å². The Balaban J connectivity index is 1.90. The number of hydrogen-bond acceptors (Lipinski definition) is 3. The number of carbonyl (C=O) groups excluding carboxylic acids is 1. The number of thioether (sulfide) groups is 1. The first-order valence-corrected chi connectivity index (χ1v) is 7.46. The number of nitrogens with two attached hydrogens (primary N) is 1. The number of amides is 1. The van der Waals surface area contributed by atoms with Crippen molar-refractivity contribution in [1.29, 1.82) is 0 Å². The summed E-state index contributed by atoms with van der Waals surface area (Å²) in [5, 5.41) is 2.84. The van der Waals surface area contributed by atoms with E-state index < -0.39 is 0 Å². The van der Waals surface area contributed by atoms with Crippen LogP contribution in [0.4, 0.5) is 11.4 Å². The first kappa shape index (κ1) is 14.0. The second-order valence-corrected chi connectivity index (χ2v) is 5.82. The van der Waals surface area contributed by atoms with Crippen LogP contribution in [0.15, 0.2) is 57.9 Å². The van der Waals surface area contributed by atoms with Gasteiger partial charge in [-0.3, -0.25) is 4.79 Å². The maximum absolute atomic E-state index is 11.8. The van der Waals surface area contributed by atoms with E-state index in [2.05, 4.69) is 21.2 Å². The van der Waals surface area contributed by atoms with E-state index in [1.807, 2.05) is 48.5 Å². The topological polar surface area (TPSA) is 55.1 Å². The molecule has 0 bridgehead atoms. The Bertz CT molecular complexity index is 589. The molecule has 2 rings (SSSR count). The van der Waals surface area contributed by atoms with Crippen molar-refractivity contribution in [2.24, 2.45) is 0 Å². The Morgan fingerprint density at radius 3 is 2.74 bits per heavy atom. The van der Waals surface area contributed by atoms with Crippen LogP contribution in [-0.2, 0) is 4.79 Å². The van der Waals surface area contributed by atoms with E-state index >= 15 is 0 Å². The van der Waals surface area contributed by atoms with Gasteiger partial charge in [0.2, 0.25) is 5.91 Å². The third kappa shape index (κ3) is 4.29. The molecule has 98 valence electrons. The summed E-state index contributed by atoms with van der Waals surface area (Å²) in [6.45, 7) is 0. The molecule has 0 unspecified atom stereocenters. The lowest BCUT2D eigenvalue weighted by Crippen LogP contribution is -2.14. The molecular weight excluding hydrogens is 324 g/mol. The maximum atomic E-state index is 11.8. The van der Waals surface area contributed by atoms with Crippen molar-refractivity contribution < 1.29 is 4.79 Å². The van der Waals surface area contributed by atoms with Gasteiger partial charge in [-0.25, -0.2) is 0 Å². The third-order valence-corrected chi connectivity index (χ3v) is 3.97. The van der Waals surface area contributed by atoms with Gasteiger partial charge < -0.3 is 11.1 Å². The van der Waals surface area contributed by atoms with E-state index in [1.54, 1.807) is 0 Å². The zero-order valence-electron chi connectivity index (χ0n) is 10.1. The lowest BCUT2D eigenvalue weighted by Gasteiger charge is -2.07. The minimum atomic E-state index is -0.0497. The molecule has 19 heavy (non-hydrogen) atoms. The van der Waals surface area contributed by atoms with Crippen molar-refractivity contribution in [3.05, 3.63) is 53.0 Å². The normalized spacial score (nSPS) is 10.2. The van der Waals surface area contributed by atoms with Crippen molar-refractivity contribution in [1.82, 2.24) is 0 Å². The predicted octanol–water partition coefficient (Wildman–Crippen LogP) is 3.76. The highest BCUT2D eigenvalue weighted by atomic mass is 79.9. The lowest BCUT2D eigenvalue weighted by molar-refractivity contribution is -0.113. The van der Waals surface area contributed by atoms with Gasteiger partial charge in [0, 0.05) is 20.7 Å². The van der Waals surface area contributed by atoms with E-state index in [1.165, 1.54) is 11.8 Å². The highest BCUT2D eigenvalue weighted by Crippen LogP contribution is 2.24. The first-order valence-electron chi connectivity index (χ1n) is 5.68. The van der Waals surface area contributed by atoms with Gasteiger partial charge in [0.25, 0.3) is 0 Å². The largest absolute Gasteiger partial charge is 0.398 e. The molecule has 2 aromatic rings. The Kier molecular flexibility index (Phi) is 4.87. The van der Waals surface area contributed by atoms with Crippen LogP contribution in [0.5, 0.6) is 0 Å². The molecule has 0 saturated heterocycles. The molecule has 0 aliphatic heterocycles. The number of para-hydroxylation sites is 1. The van der Waals surface area contributed by atoms with Crippen molar-refractivity contribution >= 4 is 45.0 Å². The van der Waals surface area contributed by atoms with Crippen LogP contribution in [0.25, 0.3) is 0 Å². The monoisotopic (exact) mass is 336 g/mol. The average molecular weight is 337 g/mol. The fraction of sp³-hybridized carbons (Fsp3) is 0.0714. The molecule has 3 N–H and O–H groups in total. The summed E-state index contributed by atoms with van der Waals surface area (Å²) < 4.78 is 0.935. The van der Waals surface area contributed by atoms with Crippen molar-refractivity contribution in [3.63, 3.8) is 0 Å². The molecule has 0 fully saturated rings. The molecule has 0 aromatic heterocycles. The molecule has 0 radical (unpaired) electrons. The molecule has 0 heterocycles. The summed E-state index contributed by atoms with van der Waals surface area (Å²) in [4.78, 5) is 12.7. The number of anilines is 2. The van der Waals surface area contributed by atoms with Crippen molar-refractivity contribution in [2.75, 3.05) is 16.8 Å². The van der Waals surface area contributed by atoms with Crippen molar-refractivity contribution in [2.45, 2.75) is 4.90 Å². The zero-order chi connectivity index (χ0) is 13.7. The number of hydrogen-bond donors (Lipinski definition) is 2. The summed E-state index contributed by atoms with van der Waals surface area (Å²) in [6, 6.07) is 15.0. The van der Waals surface area contributed by atoms with Gasteiger partial charge in [-0.05, 0) is 30.3 Å². The van der Waals surface area contributed by atoms with Crippen molar-refractivity contribution in [3.8, 4) is 0 Å². The third-order valence-electron chi connectivity index (χ3n) is 2.39. The number of carbonyl (C=O) groups is 1. The molecule has 1 amide bonds. The maximum Gasteiger partial charge on any atom is 0.234 e. The molecule has 2 aromatic carbocycles. The number of rotatable bonds is 4. The van der Waals surface area contributed by atoms with Crippen LogP contribution < -0.4 is 11.1 Å². The highest BCUT2D eigenvalue weighted by Gasteiger charge is 2.05. The highest BCUT2D eigenvalue weighted by molar-refractivity contribution is 9.10. The first-order chi connectivity index (χ1) is 9.15. The Hall–Kier alpha value is -1.46. The van der Waals surface area contributed by atoms with Gasteiger partial charge in [-0.15, -0.1) is 11.8 Å². The fourth-order valence-electron chi connectivity index (χ4n) is 1.52. The average Bonchev–Trinajstić information content (AvgIpc) is 2.38. The number of nitrogen functional groups attached to an aromatic ring is 1. The van der Waals surface area contributed by atoms with E-state index in [4.69, 9.17) is 5.73 Å². The summed E-state index contributed by atoms with van der Waals surface area (Å²) in [6.07, 6.45) is 0. The summed E-state index contributed by atoms with van der Waals surface area (Å²) >= 11 is 4.79. The predicted molar refractivity (Wildman–Crippen MR) is 84.4 cm³/mol. The SMILES string of the molecule is Nc1ccccc1SCC(=O)Nc1cccc(Br)c1. The van der Waals surface area contributed by atoms with Gasteiger partial charge in [0.1, 0.15) is 0 Å². The molecule has 0 aliphatic rings. The quantitative estimate of drug-likeness (QED) is 0.660.